The highest BCUT2D eigenvalue weighted by Gasteiger charge is 2.16. The van der Waals surface area contributed by atoms with Crippen LogP contribution in [0, 0.1) is 16.0 Å². The second-order valence-corrected chi connectivity index (χ2v) is 3.45. The van der Waals surface area contributed by atoms with E-state index in [1.54, 1.807) is 6.92 Å². The van der Waals surface area contributed by atoms with Crippen molar-refractivity contribution in [2.45, 2.75) is 13.0 Å². The highest BCUT2D eigenvalue weighted by molar-refractivity contribution is 5.33. The van der Waals surface area contributed by atoms with Crippen LogP contribution in [0.25, 0.3) is 0 Å². The largest absolute Gasteiger partial charge is 0.396 e. The molecule has 0 heterocycles. The maximum Gasteiger partial charge on any atom is 0.269 e. The maximum absolute atomic E-state index is 10.4. The molecule has 0 fully saturated rings. The third-order valence-corrected chi connectivity index (χ3v) is 2.27. The standard InChI is InChI=1S/C10H13NO4/c1-7(6-12)10(13)8-2-4-9(5-3-8)11(14)15/h2-5,7,10,12-13H,6H2,1H3/t7-,10-/m1/s1. The van der Waals surface area contributed by atoms with Gasteiger partial charge < -0.3 is 10.2 Å². The molecule has 0 radical (unpaired) electrons. The van der Waals surface area contributed by atoms with E-state index in [0.717, 1.165) is 0 Å². The van der Waals surface area contributed by atoms with Gasteiger partial charge >= 0.3 is 0 Å². The number of nitrogens with zero attached hydrogens (tertiary/aromatic N) is 1. The molecule has 5 heteroatoms. The Labute approximate surface area is 87.1 Å². The van der Waals surface area contributed by atoms with Gasteiger partial charge in [-0.25, -0.2) is 0 Å². The molecule has 0 saturated carbocycles. The molecule has 5 nitrogen and oxygen atoms in total. The molecule has 2 N–H and O–H groups in total. The first kappa shape index (κ1) is 11.6. The first-order chi connectivity index (χ1) is 7.06. The van der Waals surface area contributed by atoms with Crippen LogP contribution in [-0.4, -0.2) is 21.7 Å². The lowest BCUT2D eigenvalue weighted by Gasteiger charge is -2.16. The lowest BCUT2D eigenvalue weighted by molar-refractivity contribution is -0.384. The quantitative estimate of drug-likeness (QED) is 0.580. The van der Waals surface area contributed by atoms with E-state index >= 15 is 0 Å². The summed E-state index contributed by atoms with van der Waals surface area (Å²) in [5.74, 6) is -0.286. The molecule has 0 aromatic heterocycles. The fraction of sp³-hybridized carbons (Fsp3) is 0.400. The van der Waals surface area contributed by atoms with Crippen molar-refractivity contribution in [2.24, 2.45) is 5.92 Å². The van der Waals surface area contributed by atoms with Gasteiger partial charge in [0.25, 0.3) is 5.69 Å². The van der Waals surface area contributed by atoms with E-state index in [2.05, 4.69) is 0 Å². The van der Waals surface area contributed by atoms with Crippen LogP contribution in [0.4, 0.5) is 5.69 Å². The smallest absolute Gasteiger partial charge is 0.269 e. The lowest BCUT2D eigenvalue weighted by atomic mass is 9.98. The zero-order valence-electron chi connectivity index (χ0n) is 8.33. The fourth-order valence-corrected chi connectivity index (χ4v) is 1.22. The minimum atomic E-state index is -0.796. The molecule has 1 rings (SSSR count). The summed E-state index contributed by atoms with van der Waals surface area (Å²) in [6, 6.07) is 5.66. The van der Waals surface area contributed by atoms with Gasteiger partial charge in [0, 0.05) is 24.7 Å². The van der Waals surface area contributed by atoms with Crippen molar-refractivity contribution in [3.05, 3.63) is 39.9 Å². The van der Waals surface area contributed by atoms with Gasteiger partial charge in [0.15, 0.2) is 0 Å². The Hall–Kier alpha value is -1.46. The van der Waals surface area contributed by atoms with Gasteiger partial charge in [-0.15, -0.1) is 0 Å². The average Bonchev–Trinajstić information content (AvgIpc) is 2.27. The predicted molar refractivity (Wildman–Crippen MR) is 54.3 cm³/mol. The molecular weight excluding hydrogens is 198 g/mol. The second-order valence-electron chi connectivity index (χ2n) is 3.45. The minimum Gasteiger partial charge on any atom is -0.396 e. The van der Waals surface area contributed by atoms with Crippen LogP contribution < -0.4 is 0 Å². The van der Waals surface area contributed by atoms with Gasteiger partial charge in [-0.2, -0.15) is 0 Å². The highest BCUT2D eigenvalue weighted by atomic mass is 16.6. The Bertz CT molecular complexity index is 336. The first-order valence-electron chi connectivity index (χ1n) is 4.59. The molecule has 1 aromatic rings. The summed E-state index contributed by atoms with van der Waals surface area (Å²) in [5, 5.41) is 28.9. The zero-order chi connectivity index (χ0) is 11.4. The molecule has 2 atom stereocenters. The number of benzene rings is 1. The monoisotopic (exact) mass is 211 g/mol. The van der Waals surface area contributed by atoms with Gasteiger partial charge in [0.1, 0.15) is 0 Å². The van der Waals surface area contributed by atoms with Gasteiger partial charge in [-0.05, 0) is 17.7 Å². The fourth-order valence-electron chi connectivity index (χ4n) is 1.22. The molecule has 0 amide bonds. The molecule has 0 aliphatic heterocycles. The summed E-state index contributed by atoms with van der Waals surface area (Å²) in [5.41, 5.74) is 0.560. The summed E-state index contributed by atoms with van der Waals surface area (Å²) < 4.78 is 0. The molecule has 1 aromatic carbocycles. The lowest BCUT2D eigenvalue weighted by Crippen LogP contribution is -2.12. The van der Waals surface area contributed by atoms with Crippen LogP contribution in [-0.2, 0) is 0 Å². The van der Waals surface area contributed by atoms with E-state index < -0.39 is 11.0 Å². The molecule has 82 valence electrons. The molecule has 0 aliphatic carbocycles. The second kappa shape index (κ2) is 4.86. The number of nitro groups is 1. The van der Waals surface area contributed by atoms with Crippen molar-refractivity contribution in [1.29, 1.82) is 0 Å². The number of non-ortho nitro benzene ring substituents is 1. The first-order valence-corrected chi connectivity index (χ1v) is 4.59. The Morgan fingerprint density at radius 2 is 1.93 bits per heavy atom. The van der Waals surface area contributed by atoms with Crippen molar-refractivity contribution < 1.29 is 15.1 Å². The van der Waals surface area contributed by atoms with Gasteiger partial charge in [-0.1, -0.05) is 6.92 Å². The molecule has 0 saturated heterocycles. The number of aliphatic hydroxyl groups is 2. The van der Waals surface area contributed by atoms with Crippen LogP contribution in [0.2, 0.25) is 0 Å². The van der Waals surface area contributed by atoms with Crippen LogP contribution in [0.3, 0.4) is 0 Å². The zero-order valence-corrected chi connectivity index (χ0v) is 8.33. The van der Waals surface area contributed by atoms with E-state index in [9.17, 15) is 15.2 Å². The average molecular weight is 211 g/mol. The number of hydrogen-bond acceptors (Lipinski definition) is 4. The van der Waals surface area contributed by atoms with E-state index in [0.29, 0.717) is 5.56 Å². The maximum atomic E-state index is 10.4. The Morgan fingerprint density at radius 3 is 2.33 bits per heavy atom. The normalized spacial score (nSPS) is 14.6. The van der Waals surface area contributed by atoms with Crippen molar-refractivity contribution >= 4 is 5.69 Å². The number of aliphatic hydroxyl groups excluding tert-OH is 2. The van der Waals surface area contributed by atoms with Gasteiger partial charge in [-0.3, -0.25) is 10.1 Å². The Balaban J connectivity index is 2.84. The Morgan fingerprint density at radius 1 is 1.40 bits per heavy atom. The van der Waals surface area contributed by atoms with Crippen LogP contribution in [0.1, 0.15) is 18.6 Å². The predicted octanol–water partition coefficient (Wildman–Crippen LogP) is 1.26. The molecular formula is C10H13NO4. The Kier molecular flexibility index (Phi) is 3.76. The van der Waals surface area contributed by atoms with Crippen LogP contribution >= 0.6 is 0 Å². The summed E-state index contributed by atoms with van der Waals surface area (Å²) >= 11 is 0. The van der Waals surface area contributed by atoms with Crippen LogP contribution in [0.5, 0.6) is 0 Å². The minimum absolute atomic E-state index is 0.0115. The SMILES string of the molecule is C[C@H](CO)[C@@H](O)c1ccc([N+](=O)[O-])cc1. The molecule has 15 heavy (non-hydrogen) atoms. The van der Waals surface area contributed by atoms with Crippen molar-refractivity contribution in [1.82, 2.24) is 0 Å². The van der Waals surface area contributed by atoms with E-state index in [-0.39, 0.29) is 18.2 Å². The molecule has 0 bridgehead atoms. The van der Waals surface area contributed by atoms with Crippen molar-refractivity contribution in [3.63, 3.8) is 0 Å². The summed E-state index contributed by atoms with van der Waals surface area (Å²) in [7, 11) is 0. The van der Waals surface area contributed by atoms with Gasteiger partial charge in [0.2, 0.25) is 0 Å². The molecule has 0 unspecified atom stereocenters. The van der Waals surface area contributed by atoms with Crippen molar-refractivity contribution in [3.8, 4) is 0 Å². The summed E-state index contributed by atoms with van der Waals surface area (Å²) in [6.45, 7) is 1.57. The number of hydrogen-bond donors (Lipinski definition) is 2. The third-order valence-electron chi connectivity index (χ3n) is 2.27. The molecule has 0 spiro atoms. The van der Waals surface area contributed by atoms with E-state index in [1.807, 2.05) is 0 Å². The number of nitro benzene ring substituents is 1. The van der Waals surface area contributed by atoms with Gasteiger partial charge in [0.05, 0.1) is 11.0 Å². The number of rotatable bonds is 4. The highest BCUT2D eigenvalue weighted by Crippen LogP contribution is 2.23. The topological polar surface area (TPSA) is 83.6 Å². The van der Waals surface area contributed by atoms with Crippen LogP contribution in [0.15, 0.2) is 24.3 Å². The summed E-state index contributed by atoms with van der Waals surface area (Å²) in [4.78, 5) is 9.88. The van der Waals surface area contributed by atoms with Crippen molar-refractivity contribution in [2.75, 3.05) is 6.61 Å². The van der Waals surface area contributed by atoms with E-state index in [4.69, 9.17) is 5.11 Å². The third kappa shape index (κ3) is 2.74. The summed E-state index contributed by atoms with van der Waals surface area (Å²) in [6.07, 6.45) is -0.796. The van der Waals surface area contributed by atoms with E-state index in [1.165, 1.54) is 24.3 Å². The molecule has 0 aliphatic rings.